The Morgan fingerprint density at radius 3 is 2.50 bits per heavy atom. The molecule has 1 unspecified atom stereocenters. The number of methoxy groups -OCH3 is 1. The van der Waals surface area contributed by atoms with Gasteiger partial charge in [-0.25, -0.2) is 0 Å². The summed E-state index contributed by atoms with van der Waals surface area (Å²) >= 11 is 0. The van der Waals surface area contributed by atoms with E-state index in [0.717, 1.165) is 38.5 Å². The summed E-state index contributed by atoms with van der Waals surface area (Å²) in [5, 5.41) is 3.38. The molecule has 0 amide bonds. The molecule has 0 spiro atoms. The molecule has 1 atom stereocenters. The standard InChI is InChI=1S/C15H25NO2/c1-4-10-18-15-7-5-14(6-8-15)13(2)12-16-9-11-17-3/h5-8,13,16H,4,9-12H2,1-3H3. The lowest BCUT2D eigenvalue weighted by Gasteiger charge is -2.13. The average molecular weight is 251 g/mol. The van der Waals surface area contributed by atoms with Gasteiger partial charge in [0.1, 0.15) is 5.75 Å². The molecule has 102 valence electrons. The van der Waals surface area contributed by atoms with E-state index in [4.69, 9.17) is 9.47 Å². The lowest BCUT2D eigenvalue weighted by atomic mass is 10.0. The lowest BCUT2D eigenvalue weighted by Crippen LogP contribution is -2.23. The number of nitrogens with one attached hydrogen (secondary N) is 1. The molecule has 3 nitrogen and oxygen atoms in total. The van der Waals surface area contributed by atoms with Crippen LogP contribution in [0.2, 0.25) is 0 Å². The van der Waals surface area contributed by atoms with Crippen LogP contribution in [0.4, 0.5) is 0 Å². The van der Waals surface area contributed by atoms with Crippen molar-refractivity contribution in [2.45, 2.75) is 26.2 Å². The third-order valence-electron chi connectivity index (χ3n) is 2.86. The van der Waals surface area contributed by atoms with Gasteiger partial charge in [0.2, 0.25) is 0 Å². The Morgan fingerprint density at radius 1 is 1.17 bits per heavy atom. The molecule has 0 bridgehead atoms. The number of ether oxygens (including phenoxy) is 2. The van der Waals surface area contributed by atoms with Gasteiger partial charge in [0.15, 0.2) is 0 Å². The van der Waals surface area contributed by atoms with Crippen molar-refractivity contribution >= 4 is 0 Å². The number of hydrogen-bond acceptors (Lipinski definition) is 3. The van der Waals surface area contributed by atoms with Gasteiger partial charge in [0, 0.05) is 20.2 Å². The zero-order chi connectivity index (χ0) is 13.2. The van der Waals surface area contributed by atoms with Crippen LogP contribution < -0.4 is 10.1 Å². The quantitative estimate of drug-likeness (QED) is 0.685. The van der Waals surface area contributed by atoms with Gasteiger partial charge in [-0.2, -0.15) is 0 Å². The molecule has 1 rings (SSSR count). The van der Waals surface area contributed by atoms with E-state index in [1.54, 1.807) is 7.11 Å². The van der Waals surface area contributed by atoms with E-state index in [1.807, 2.05) is 0 Å². The van der Waals surface area contributed by atoms with Crippen molar-refractivity contribution in [2.24, 2.45) is 0 Å². The Balaban J connectivity index is 2.36. The molecule has 0 aromatic heterocycles. The summed E-state index contributed by atoms with van der Waals surface area (Å²) in [7, 11) is 1.72. The fraction of sp³-hybridized carbons (Fsp3) is 0.600. The maximum Gasteiger partial charge on any atom is 0.119 e. The van der Waals surface area contributed by atoms with Crippen molar-refractivity contribution in [3.8, 4) is 5.75 Å². The number of benzene rings is 1. The van der Waals surface area contributed by atoms with Gasteiger partial charge in [-0.15, -0.1) is 0 Å². The summed E-state index contributed by atoms with van der Waals surface area (Å²) in [5.74, 6) is 1.46. The minimum atomic E-state index is 0.502. The minimum absolute atomic E-state index is 0.502. The van der Waals surface area contributed by atoms with E-state index in [1.165, 1.54) is 5.56 Å². The molecule has 0 radical (unpaired) electrons. The van der Waals surface area contributed by atoms with Gasteiger partial charge in [0.25, 0.3) is 0 Å². The van der Waals surface area contributed by atoms with Gasteiger partial charge in [-0.05, 0) is 30.0 Å². The normalized spacial score (nSPS) is 12.4. The fourth-order valence-corrected chi connectivity index (χ4v) is 1.72. The second-order valence-corrected chi connectivity index (χ2v) is 4.52. The average Bonchev–Trinajstić information content (AvgIpc) is 2.41. The fourth-order valence-electron chi connectivity index (χ4n) is 1.72. The summed E-state index contributed by atoms with van der Waals surface area (Å²) in [6.07, 6.45) is 1.04. The Hall–Kier alpha value is -1.06. The molecule has 1 aromatic carbocycles. The third-order valence-corrected chi connectivity index (χ3v) is 2.86. The molecule has 0 aliphatic heterocycles. The van der Waals surface area contributed by atoms with E-state index in [2.05, 4.69) is 43.4 Å². The van der Waals surface area contributed by atoms with E-state index in [-0.39, 0.29) is 0 Å². The molecule has 0 heterocycles. The molecule has 18 heavy (non-hydrogen) atoms. The van der Waals surface area contributed by atoms with Crippen molar-refractivity contribution in [2.75, 3.05) is 33.4 Å². The molecular weight excluding hydrogens is 226 g/mol. The molecule has 1 N–H and O–H groups in total. The van der Waals surface area contributed by atoms with Crippen LogP contribution in [0.1, 0.15) is 31.7 Å². The highest BCUT2D eigenvalue weighted by Crippen LogP contribution is 2.18. The smallest absolute Gasteiger partial charge is 0.119 e. The molecule has 1 aromatic rings. The topological polar surface area (TPSA) is 30.5 Å². The maximum atomic E-state index is 5.57. The molecule has 3 heteroatoms. The third kappa shape index (κ3) is 5.52. The Morgan fingerprint density at radius 2 is 1.89 bits per heavy atom. The highest BCUT2D eigenvalue weighted by atomic mass is 16.5. The van der Waals surface area contributed by atoms with Crippen LogP contribution in [-0.2, 0) is 4.74 Å². The SMILES string of the molecule is CCCOc1ccc(C(C)CNCCOC)cc1. The van der Waals surface area contributed by atoms with Crippen molar-refractivity contribution in [1.29, 1.82) is 0 Å². The maximum absolute atomic E-state index is 5.57. The van der Waals surface area contributed by atoms with Crippen LogP contribution in [0, 0.1) is 0 Å². The van der Waals surface area contributed by atoms with Crippen molar-refractivity contribution in [3.63, 3.8) is 0 Å². The van der Waals surface area contributed by atoms with Crippen molar-refractivity contribution in [1.82, 2.24) is 5.32 Å². The van der Waals surface area contributed by atoms with Crippen LogP contribution in [0.3, 0.4) is 0 Å². The first-order chi connectivity index (χ1) is 8.77. The summed E-state index contributed by atoms with van der Waals surface area (Å²) < 4.78 is 10.6. The highest BCUT2D eigenvalue weighted by molar-refractivity contribution is 5.29. The van der Waals surface area contributed by atoms with E-state index in [0.29, 0.717) is 5.92 Å². The summed E-state index contributed by atoms with van der Waals surface area (Å²) in [4.78, 5) is 0. The molecule has 0 aliphatic rings. The first kappa shape index (κ1) is 15.0. The second kappa shape index (κ2) is 8.95. The first-order valence-corrected chi connectivity index (χ1v) is 6.70. The zero-order valence-corrected chi connectivity index (χ0v) is 11.7. The van der Waals surface area contributed by atoms with Crippen LogP contribution >= 0.6 is 0 Å². The summed E-state index contributed by atoms with van der Waals surface area (Å²) in [5.41, 5.74) is 1.34. The molecule has 0 saturated heterocycles. The minimum Gasteiger partial charge on any atom is -0.494 e. The van der Waals surface area contributed by atoms with Crippen LogP contribution in [-0.4, -0.2) is 33.4 Å². The Kier molecular flexibility index (Phi) is 7.46. The van der Waals surface area contributed by atoms with Crippen molar-refractivity contribution < 1.29 is 9.47 Å². The Bertz CT molecular complexity index is 311. The van der Waals surface area contributed by atoms with Crippen molar-refractivity contribution in [3.05, 3.63) is 29.8 Å². The zero-order valence-electron chi connectivity index (χ0n) is 11.7. The van der Waals surface area contributed by atoms with Gasteiger partial charge in [-0.3, -0.25) is 0 Å². The van der Waals surface area contributed by atoms with Gasteiger partial charge < -0.3 is 14.8 Å². The number of hydrogen-bond donors (Lipinski definition) is 1. The molecule has 0 saturated carbocycles. The Labute approximate surface area is 110 Å². The number of rotatable bonds is 9. The van der Waals surface area contributed by atoms with E-state index < -0.39 is 0 Å². The molecule has 0 fully saturated rings. The summed E-state index contributed by atoms with van der Waals surface area (Å²) in [6.45, 7) is 7.75. The van der Waals surface area contributed by atoms with Gasteiger partial charge in [0.05, 0.1) is 13.2 Å². The lowest BCUT2D eigenvalue weighted by molar-refractivity contribution is 0.199. The van der Waals surface area contributed by atoms with E-state index in [9.17, 15) is 0 Å². The predicted molar refractivity (Wildman–Crippen MR) is 75.4 cm³/mol. The van der Waals surface area contributed by atoms with Crippen LogP contribution in [0.5, 0.6) is 5.75 Å². The predicted octanol–water partition coefficient (Wildman–Crippen LogP) is 2.81. The van der Waals surface area contributed by atoms with Gasteiger partial charge >= 0.3 is 0 Å². The van der Waals surface area contributed by atoms with Crippen LogP contribution in [0.25, 0.3) is 0 Å². The largest absolute Gasteiger partial charge is 0.494 e. The second-order valence-electron chi connectivity index (χ2n) is 4.52. The first-order valence-electron chi connectivity index (χ1n) is 6.70. The van der Waals surface area contributed by atoms with Gasteiger partial charge in [-0.1, -0.05) is 26.0 Å². The molecule has 0 aliphatic carbocycles. The monoisotopic (exact) mass is 251 g/mol. The summed E-state index contributed by atoms with van der Waals surface area (Å²) in [6, 6.07) is 8.40. The highest BCUT2D eigenvalue weighted by Gasteiger charge is 2.05. The molecular formula is C15H25NO2. The van der Waals surface area contributed by atoms with E-state index >= 15 is 0 Å². The van der Waals surface area contributed by atoms with Crippen LogP contribution in [0.15, 0.2) is 24.3 Å².